The SMILES string of the molecule is CCC(C)Sc1ccc(NC(=O)c2ccc3c(=O)n(C)c(=S)[nH]c3c2)c(C)c1. The molecular formula is C21H23N3O2S2. The van der Waals surface area contributed by atoms with Crippen LogP contribution in [-0.4, -0.2) is 20.7 Å². The van der Waals surface area contributed by atoms with Crippen molar-refractivity contribution in [2.45, 2.75) is 37.3 Å². The van der Waals surface area contributed by atoms with Crippen LogP contribution < -0.4 is 10.9 Å². The van der Waals surface area contributed by atoms with Gasteiger partial charge in [-0.05, 0) is 67.5 Å². The molecule has 3 aromatic rings. The topological polar surface area (TPSA) is 66.9 Å². The Hall–Kier alpha value is -2.38. The van der Waals surface area contributed by atoms with E-state index in [4.69, 9.17) is 12.2 Å². The molecule has 0 radical (unpaired) electrons. The second-order valence-corrected chi connectivity index (χ2v) is 8.72. The summed E-state index contributed by atoms with van der Waals surface area (Å²) in [5, 5.41) is 4.00. The van der Waals surface area contributed by atoms with Crippen LogP contribution in [0, 0.1) is 11.7 Å². The van der Waals surface area contributed by atoms with E-state index in [2.05, 4.69) is 30.2 Å². The Labute approximate surface area is 173 Å². The first-order valence-electron chi connectivity index (χ1n) is 9.12. The third kappa shape index (κ3) is 4.20. The van der Waals surface area contributed by atoms with Crippen LogP contribution in [0.2, 0.25) is 0 Å². The lowest BCUT2D eigenvalue weighted by molar-refractivity contribution is 0.102. The number of nitrogens with one attached hydrogen (secondary N) is 2. The van der Waals surface area contributed by atoms with Crippen LogP contribution in [0.4, 0.5) is 5.69 Å². The van der Waals surface area contributed by atoms with Crippen molar-refractivity contribution >= 4 is 46.5 Å². The van der Waals surface area contributed by atoms with Gasteiger partial charge in [0.1, 0.15) is 0 Å². The lowest BCUT2D eigenvalue weighted by atomic mass is 10.1. The average molecular weight is 414 g/mol. The first-order valence-corrected chi connectivity index (χ1v) is 10.4. The zero-order valence-electron chi connectivity index (χ0n) is 16.3. The molecule has 1 atom stereocenters. The minimum atomic E-state index is -0.229. The van der Waals surface area contributed by atoms with Gasteiger partial charge in [0.05, 0.1) is 10.9 Å². The quantitative estimate of drug-likeness (QED) is 0.454. The number of benzene rings is 2. The third-order valence-corrected chi connectivity index (χ3v) is 6.36. The number of aromatic amines is 1. The van der Waals surface area contributed by atoms with E-state index < -0.39 is 0 Å². The molecule has 0 fully saturated rings. The van der Waals surface area contributed by atoms with Crippen molar-refractivity contribution in [3.8, 4) is 0 Å². The lowest BCUT2D eigenvalue weighted by Crippen LogP contribution is -2.19. The molecule has 1 aromatic heterocycles. The van der Waals surface area contributed by atoms with E-state index >= 15 is 0 Å². The van der Waals surface area contributed by atoms with Gasteiger partial charge in [0.25, 0.3) is 11.5 Å². The highest BCUT2D eigenvalue weighted by molar-refractivity contribution is 7.99. The van der Waals surface area contributed by atoms with Crippen LogP contribution in [-0.2, 0) is 7.05 Å². The van der Waals surface area contributed by atoms with Gasteiger partial charge in [-0.1, -0.05) is 13.8 Å². The maximum atomic E-state index is 12.7. The summed E-state index contributed by atoms with van der Waals surface area (Å²) >= 11 is 6.98. The summed E-state index contributed by atoms with van der Waals surface area (Å²) in [5.41, 5.74) is 2.61. The number of aromatic nitrogens is 2. The number of anilines is 1. The molecule has 0 aliphatic heterocycles. The van der Waals surface area contributed by atoms with Crippen molar-refractivity contribution in [2.24, 2.45) is 7.05 Å². The van der Waals surface area contributed by atoms with Gasteiger partial charge in [-0.3, -0.25) is 14.2 Å². The summed E-state index contributed by atoms with van der Waals surface area (Å²) in [6.07, 6.45) is 1.11. The van der Waals surface area contributed by atoms with E-state index in [-0.39, 0.29) is 11.5 Å². The molecule has 0 saturated heterocycles. The smallest absolute Gasteiger partial charge is 0.261 e. The van der Waals surface area contributed by atoms with Gasteiger partial charge in [-0.25, -0.2) is 0 Å². The van der Waals surface area contributed by atoms with Gasteiger partial charge in [0.15, 0.2) is 4.77 Å². The third-order valence-electron chi connectivity index (χ3n) is 4.72. The lowest BCUT2D eigenvalue weighted by Gasteiger charge is -2.13. The molecule has 7 heteroatoms. The normalized spacial score (nSPS) is 12.1. The Bertz CT molecular complexity index is 1160. The fourth-order valence-corrected chi connectivity index (χ4v) is 4.02. The Balaban J connectivity index is 1.86. The molecule has 2 aromatic carbocycles. The summed E-state index contributed by atoms with van der Waals surface area (Å²) < 4.78 is 1.69. The predicted octanol–water partition coefficient (Wildman–Crippen LogP) is 5.05. The van der Waals surface area contributed by atoms with E-state index in [1.807, 2.05) is 30.8 Å². The summed E-state index contributed by atoms with van der Waals surface area (Å²) in [6, 6.07) is 11.0. The fraction of sp³-hybridized carbons (Fsp3) is 0.286. The Morgan fingerprint density at radius 3 is 2.71 bits per heavy atom. The summed E-state index contributed by atoms with van der Waals surface area (Å²) in [5.74, 6) is -0.229. The van der Waals surface area contributed by atoms with E-state index in [9.17, 15) is 9.59 Å². The number of hydrogen-bond donors (Lipinski definition) is 2. The molecule has 146 valence electrons. The molecule has 0 aliphatic carbocycles. The average Bonchev–Trinajstić information content (AvgIpc) is 2.67. The fourth-order valence-electron chi connectivity index (χ4n) is 2.81. The Kier molecular flexibility index (Phi) is 6.05. The van der Waals surface area contributed by atoms with Crippen LogP contribution in [0.25, 0.3) is 10.9 Å². The highest BCUT2D eigenvalue weighted by atomic mass is 32.2. The largest absolute Gasteiger partial charge is 0.332 e. The van der Waals surface area contributed by atoms with Gasteiger partial charge in [0, 0.05) is 28.4 Å². The Morgan fingerprint density at radius 1 is 1.29 bits per heavy atom. The number of carbonyl (C=O) groups excluding carboxylic acids is 1. The molecular weight excluding hydrogens is 390 g/mol. The van der Waals surface area contributed by atoms with Gasteiger partial charge >= 0.3 is 0 Å². The maximum Gasteiger partial charge on any atom is 0.261 e. The first kappa shape index (κ1) is 20.4. The second-order valence-electron chi connectivity index (χ2n) is 6.82. The van der Waals surface area contributed by atoms with Crippen molar-refractivity contribution in [1.82, 2.24) is 9.55 Å². The van der Waals surface area contributed by atoms with E-state index in [0.717, 1.165) is 17.7 Å². The number of rotatable bonds is 5. The van der Waals surface area contributed by atoms with E-state index in [0.29, 0.717) is 26.5 Å². The van der Waals surface area contributed by atoms with Crippen LogP contribution in [0.1, 0.15) is 36.2 Å². The number of nitrogens with zero attached hydrogens (tertiary/aromatic N) is 1. The molecule has 2 N–H and O–H groups in total. The second kappa shape index (κ2) is 8.32. The van der Waals surface area contributed by atoms with Crippen molar-refractivity contribution in [3.05, 3.63) is 62.6 Å². The number of H-pyrrole nitrogens is 1. The molecule has 1 amide bonds. The van der Waals surface area contributed by atoms with Crippen molar-refractivity contribution in [1.29, 1.82) is 0 Å². The standard InChI is InChI=1S/C21H23N3O2S2/c1-5-13(3)28-15-7-9-17(12(2)10-15)22-19(25)14-6-8-16-18(11-14)23-21(27)24(4)20(16)26/h6-11,13H,5H2,1-4H3,(H,22,25)(H,23,27). The number of carbonyl (C=O) groups is 1. The summed E-state index contributed by atoms with van der Waals surface area (Å²) in [6.45, 7) is 6.36. The van der Waals surface area contributed by atoms with Crippen molar-refractivity contribution in [3.63, 3.8) is 0 Å². The molecule has 0 bridgehead atoms. The molecule has 0 spiro atoms. The van der Waals surface area contributed by atoms with Crippen LogP contribution in [0.3, 0.4) is 0 Å². The molecule has 0 aliphatic rings. The number of hydrogen-bond acceptors (Lipinski definition) is 4. The molecule has 3 rings (SSSR count). The van der Waals surface area contributed by atoms with Gasteiger partial charge in [0.2, 0.25) is 0 Å². The highest BCUT2D eigenvalue weighted by Crippen LogP contribution is 2.28. The zero-order valence-corrected chi connectivity index (χ0v) is 18.0. The summed E-state index contributed by atoms with van der Waals surface area (Å²) in [4.78, 5) is 29.2. The highest BCUT2D eigenvalue weighted by Gasteiger charge is 2.12. The molecule has 1 heterocycles. The monoisotopic (exact) mass is 413 g/mol. The Morgan fingerprint density at radius 2 is 2.04 bits per heavy atom. The van der Waals surface area contributed by atoms with Crippen molar-refractivity contribution < 1.29 is 4.79 Å². The first-order chi connectivity index (χ1) is 13.3. The molecule has 5 nitrogen and oxygen atoms in total. The zero-order chi connectivity index (χ0) is 20.4. The van der Waals surface area contributed by atoms with Gasteiger partial charge in [-0.15, -0.1) is 11.8 Å². The molecule has 1 unspecified atom stereocenters. The minimum absolute atomic E-state index is 0.184. The van der Waals surface area contributed by atoms with E-state index in [1.165, 1.54) is 9.46 Å². The number of fused-ring (bicyclic) bond motifs is 1. The van der Waals surface area contributed by atoms with E-state index in [1.54, 1.807) is 25.2 Å². The summed E-state index contributed by atoms with van der Waals surface area (Å²) in [7, 11) is 1.62. The number of thioether (sulfide) groups is 1. The van der Waals surface area contributed by atoms with Gasteiger partial charge < -0.3 is 10.3 Å². The number of aryl methyl sites for hydroxylation is 1. The van der Waals surface area contributed by atoms with Crippen LogP contribution in [0.5, 0.6) is 0 Å². The number of amides is 1. The minimum Gasteiger partial charge on any atom is -0.332 e. The van der Waals surface area contributed by atoms with Crippen LogP contribution >= 0.6 is 24.0 Å². The van der Waals surface area contributed by atoms with Crippen molar-refractivity contribution in [2.75, 3.05) is 5.32 Å². The molecule has 0 saturated carbocycles. The van der Waals surface area contributed by atoms with Gasteiger partial charge in [-0.2, -0.15) is 0 Å². The molecule has 28 heavy (non-hydrogen) atoms. The van der Waals surface area contributed by atoms with Crippen LogP contribution in [0.15, 0.2) is 46.1 Å². The maximum absolute atomic E-state index is 12.7. The predicted molar refractivity (Wildman–Crippen MR) is 119 cm³/mol.